The van der Waals surface area contributed by atoms with E-state index in [1.807, 2.05) is 0 Å². The zero-order valence-electron chi connectivity index (χ0n) is 14.5. The number of thiocarbonyl (C=S) groups is 1. The van der Waals surface area contributed by atoms with Crippen molar-refractivity contribution >= 4 is 68.4 Å². The molecule has 0 spiro atoms. The smallest absolute Gasteiger partial charge is 0.270 e. The first-order valence-corrected chi connectivity index (χ1v) is 9.72. The van der Waals surface area contributed by atoms with Crippen LogP contribution < -0.4 is 15.0 Å². The summed E-state index contributed by atoms with van der Waals surface area (Å²) in [5.74, 6) is -1.24. The number of rotatable bonds is 4. The van der Waals surface area contributed by atoms with Crippen LogP contribution in [0.2, 0.25) is 5.02 Å². The molecule has 28 heavy (non-hydrogen) atoms. The Balaban J connectivity index is 2.03. The molecule has 6 nitrogen and oxygen atoms in total. The van der Waals surface area contributed by atoms with E-state index in [1.54, 1.807) is 31.2 Å². The largest absolute Gasteiger partial charge is 0.503 e. The van der Waals surface area contributed by atoms with E-state index in [1.165, 1.54) is 23.1 Å². The van der Waals surface area contributed by atoms with Crippen LogP contribution in [0.3, 0.4) is 0 Å². The van der Waals surface area contributed by atoms with E-state index in [9.17, 15) is 14.7 Å². The Hall–Kier alpha value is -2.42. The molecule has 9 heteroatoms. The maximum atomic E-state index is 13.0. The van der Waals surface area contributed by atoms with E-state index in [2.05, 4.69) is 21.2 Å². The lowest BCUT2D eigenvalue weighted by atomic mass is 10.1. The molecular formula is C19H14BrClN2O4S. The van der Waals surface area contributed by atoms with Gasteiger partial charge in [0.05, 0.1) is 17.3 Å². The van der Waals surface area contributed by atoms with Crippen molar-refractivity contribution in [1.29, 1.82) is 0 Å². The molecule has 0 atom stereocenters. The zero-order valence-corrected chi connectivity index (χ0v) is 17.7. The van der Waals surface area contributed by atoms with Gasteiger partial charge in [0.15, 0.2) is 16.6 Å². The van der Waals surface area contributed by atoms with Crippen molar-refractivity contribution in [2.24, 2.45) is 0 Å². The summed E-state index contributed by atoms with van der Waals surface area (Å²) in [6.07, 6.45) is 1.37. The average Bonchev–Trinajstić information content (AvgIpc) is 2.64. The third-order valence-corrected chi connectivity index (χ3v) is 4.95. The number of phenolic OH excluding ortho intramolecular Hbond substituents is 1. The number of nitrogens with zero attached hydrogens (tertiary/aromatic N) is 1. The molecule has 3 rings (SSSR count). The normalized spacial score (nSPS) is 15.8. The summed E-state index contributed by atoms with van der Waals surface area (Å²) >= 11 is 14.5. The highest BCUT2D eigenvalue weighted by Gasteiger charge is 2.34. The van der Waals surface area contributed by atoms with Gasteiger partial charge in [-0.15, -0.1) is 0 Å². The Morgan fingerprint density at radius 1 is 1.29 bits per heavy atom. The number of nitrogens with one attached hydrogen (secondary N) is 1. The number of benzene rings is 2. The number of halogens is 2. The van der Waals surface area contributed by atoms with Gasteiger partial charge in [0, 0.05) is 4.47 Å². The molecule has 1 aliphatic heterocycles. The van der Waals surface area contributed by atoms with Crippen LogP contribution in [0, 0.1) is 0 Å². The van der Waals surface area contributed by atoms with Crippen LogP contribution in [0.15, 0.2) is 46.4 Å². The second kappa shape index (κ2) is 8.30. The van der Waals surface area contributed by atoms with Gasteiger partial charge in [-0.2, -0.15) is 0 Å². The number of anilines is 1. The van der Waals surface area contributed by atoms with Gasteiger partial charge in [-0.05, 0) is 67.2 Å². The van der Waals surface area contributed by atoms with Crippen LogP contribution >= 0.6 is 39.7 Å². The summed E-state index contributed by atoms with van der Waals surface area (Å²) in [5, 5.41) is 12.5. The van der Waals surface area contributed by atoms with Crippen molar-refractivity contribution in [3.05, 3.63) is 57.0 Å². The third kappa shape index (κ3) is 4.04. The first-order valence-electron chi connectivity index (χ1n) is 8.14. The molecule has 1 fully saturated rings. The Morgan fingerprint density at radius 3 is 2.61 bits per heavy atom. The van der Waals surface area contributed by atoms with E-state index in [0.717, 1.165) is 4.47 Å². The lowest BCUT2D eigenvalue weighted by molar-refractivity contribution is -0.122. The predicted octanol–water partition coefficient (Wildman–Crippen LogP) is 4.04. The Bertz CT molecular complexity index is 1010. The van der Waals surface area contributed by atoms with Crippen LogP contribution in [-0.2, 0) is 9.59 Å². The Kier molecular flexibility index (Phi) is 6.02. The molecule has 0 saturated carbocycles. The lowest BCUT2D eigenvalue weighted by Crippen LogP contribution is -2.54. The minimum atomic E-state index is -0.620. The molecule has 1 aliphatic rings. The van der Waals surface area contributed by atoms with Gasteiger partial charge in [-0.1, -0.05) is 27.5 Å². The average molecular weight is 482 g/mol. The summed E-state index contributed by atoms with van der Waals surface area (Å²) in [4.78, 5) is 26.6. The van der Waals surface area contributed by atoms with Gasteiger partial charge >= 0.3 is 0 Å². The third-order valence-electron chi connectivity index (χ3n) is 3.85. The number of hydrogen-bond donors (Lipinski definition) is 2. The molecule has 0 bridgehead atoms. The minimum absolute atomic E-state index is 0.00628. The summed E-state index contributed by atoms with van der Waals surface area (Å²) < 4.78 is 6.18. The first-order chi connectivity index (χ1) is 13.3. The van der Waals surface area contributed by atoms with Gasteiger partial charge in [0.1, 0.15) is 5.57 Å². The molecule has 2 aromatic rings. The monoisotopic (exact) mass is 480 g/mol. The summed E-state index contributed by atoms with van der Waals surface area (Å²) in [6.45, 7) is 2.07. The lowest BCUT2D eigenvalue weighted by Gasteiger charge is -2.29. The van der Waals surface area contributed by atoms with Crippen molar-refractivity contribution in [1.82, 2.24) is 5.32 Å². The van der Waals surface area contributed by atoms with Crippen LogP contribution in [0.5, 0.6) is 11.5 Å². The number of aromatic hydroxyl groups is 1. The van der Waals surface area contributed by atoms with E-state index < -0.39 is 11.8 Å². The molecule has 2 N–H and O–H groups in total. The zero-order chi connectivity index (χ0) is 20.4. The SMILES string of the molecule is CCOc1cc(/C=C2/C(=O)NC(=S)N(c3ccc(Br)cc3)C2=O)cc(Cl)c1O. The van der Waals surface area contributed by atoms with Crippen LogP contribution in [0.1, 0.15) is 12.5 Å². The van der Waals surface area contributed by atoms with Crippen LogP contribution in [0.4, 0.5) is 5.69 Å². The molecule has 0 unspecified atom stereocenters. The predicted molar refractivity (Wildman–Crippen MR) is 115 cm³/mol. The molecular weight excluding hydrogens is 468 g/mol. The van der Waals surface area contributed by atoms with Gasteiger partial charge in [0.2, 0.25) is 0 Å². The standard InChI is InChI=1S/C19H14BrClN2O4S/c1-2-27-15-9-10(8-14(21)16(15)24)7-13-17(25)22-19(28)23(18(13)26)12-5-3-11(20)4-6-12/h3-9,24H,2H2,1H3,(H,22,25,28)/b13-7-. The molecule has 0 radical (unpaired) electrons. The highest BCUT2D eigenvalue weighted by molar-refractivity contribution is 9.10. The maximum absolute atomic E-state index is 13.0. The van der Waals surface area contributed by atoms with Crippen molar-refractivity contribution < 1.29 is 19.4 Å². The fourth-order valence-electron chi connectivity index (χ4n) is 2.59. The van der Waals surface area contributed by atoms with Crippen LogP contribution in [-0.4, -0.2) is 28.6 Å². The van der Waals surface area contributed by atoms with Crippen molar-refractivity contribution in [2.75, 3.05) is 11.5 Å². The van der Waals surface area contributed by atoms with Crippen LogP contribution in [0.25, 0.3) is 6.08 Å². The van der Waals surface area contributed by atoms with Crippen molar-refractivity contribution in [3.63, 3.8) is 0 Å². The number of ether oxygens (including phenoxy) is 1. The van der Waals surface area contributed by atoms with Crippen molar-refractivity contribution in [2.45, 2.75) is 6.92 Å². The second-order valence-corrected chi connectivity index (χ2v) is 7.43. The highest BCUT2D eigenvalue weighted by Crippen LogP contribution is 2.36. The molecule has 1 heterocycles. The van der Waals surface area contributed by atoms with E-state index in [4.69, 9.17) is 28.6 Å². The van der Waals surface area contributed by atoms with E-state index in [-0.39, 0.29) is 27.2 Å². The van der Waals surface area contributed by atoms with Crippen molar-refractivity contribution in [3.8, 4) is 11.5 Å². The quantitative estimate of drug-likeness (QED) is 0.391. The molecule has 0 aromatic heterocycles. The number of phenols is 1. The molecule has 144 valence electrons. The summed E-state index contributed by atoms with van der Waals surface area (Å²) in [7, 11) is 0. The van der Waals surface area contributed by atoms with Gasteiger partial charge < -0.3 is 9.84 Å². The summed E-state index contributed by atoms with van der Waals surface area (Å²) in [6, 6.07) is 9.86. The molecule has 0 aliphatic carbocycles. The maximum Gasteiger partial charge on any atom is 0.270 e. The fraction of sp³-hybridized carbons (Fsp3) is 0.105. The fourth-order valence-corrected chi connectivity index (χ4v) is 3.36. The van der Waals surface area contributed by atoms with E-state index in [0.29, 0.717) is 17.9 Å². The number of amides is 2. The molecule has 2 amide bonds. The Labute approximate surface area is 179 Å². The second-order valence-electron chi connectivity index (χ2n) is 5.72. The molecule has 2 aromatic carbocycles. The molecule has 1 saturated heterocycles. The number of carbonyl (C=O) groups excluding carboxylic acids is 2. The van der Waals surface area contributed by atoms with Gasteiger partial charge in [0.25, 0.3) is 11.8 Å². The highest BCUT2D eigenvalue weighted by atomic mass is 79.9. The minimum Gasteiger partial charge on any atom is -0.503 e. The Morgan fingerprint density at radius 2 is 1.96 bits per heavy atom. The number of carbonyl (C=O) groups is 2. The van der Waals surface area contributed by atoms with Gasteiger partial charge in [-0.25, -0.2) is 0 Å². The topological polar surface area (TPSA) is 78.9 Å². The van der Waals surface area contributed by atoms with Gasteiger partial charge in [-0.3, -0.25) is 19.8 Å². The first kappa shape index (κ1) is 20.3. The number of hydrogen-bond acceptors (Lipinski definition) is 5. The summed E-state index contributed by atoms with van der Waals surface area (Å²) in [5.41, 5.74) is 0.817. The van der Waals surface area contributed by atoms with E-state index >= 15 is 0 Å².